The monoisotopic (exact) mass is 227 g/mol. The first-order chi connectivity index (χ1) is 7.27. The highest BCUT2D eigenvalue weighted by molar-refractivity contribution is 7.99. The highest BCUT2D eigenvalue weighted by Crippen LogP contribution is 2.22. The summed E-state index contributed by atoms with van der Waals surface area (Å²) in [6, 6.07) is 0. The fourth-order valence-electron chi connectivity index (χ4n) is 1.71. The summed E-state index contributed by atoms with van der Waals surface area (Å²) in [7, 11) is 1.90. The first kappa shape index (κ1) is 10.8. The Bertz CT molecular complexity index is 318. The lowest BCUT2D eigenvalue weighted by Gasteiger charge is -2.21. The number of nitrogens with zero attached hydrogens (tertiary/aromatic N) is 3. The van der Waals surface area contributed by atoms with E-state index in [9.17, 15) is 0 Å². The van der Waals surface area contributed by atoms with Gasteiger partial charge < -0.3 is 11.1 Å². The molecule has 0 amide bonds. The second kappa shape index (κ2) is 4.85. The Morgan fingerprint density at radius 3 is 3.07 bits per heavy atom. The van der Waals surface area contributed by atoms with Crippen LogP contribution in [0.3, 0.4) is 0 Å². The molecule has 1 aromatic heterocycles. The van der Waals surface area contributed by atoms with Crippen molar-refractivity contribution in [1.29, 1.82) is 0 Å². The molecular weight excluding hydrogens is 210 g/mol. The van der Waals surface area contributed by atoms with Crippen LogP contribution >= 0.6 is 11.8 Å². The van der Waals surface area contributed by atoms with E-state index < -0.39 is 0 Å². The summed E-state index contributed by atoms with van der Waals surface area (Å²) in [5.41, 5.74) is 5.61. The maximum Gasteiger partial charge on any atom is 0.222 e. The summed E-state index contributed by atoms with van der Waals surface area (Å²) in [5.74, 6) is 2.33. The normalized spacial score (nSPS) is 21.8. The predicted molar refractivity (Wildman–Crippen MR) is 61.7 cm³/mol. The maximum absolute atomic E-state index is 5.61. The van der Waals surface area contributed by atoms with Crippen LogP contribution in [0.15, 0.2) is 5.16 Å². The molecule has 1 aromatic rings. The van der Waals surface area contributed by atoms with Crippen LogP contribution in [0.5, 0.6) is 0 Å². The SMILES string of the molecule is Cn1c(N)nnc1SCC1CCCNC1. The lowest BCUT2D eigenvalue weighted by molar-refractivity contribution is 0.410. The number of nitrogens with one attached hydrogen (secondary N) is 1. The van der Waals surface area contributed by atoms with Crippen LogP contribution in [-0.4, -0.2) is 33.6 Å². The van der Waals surface area contributed by atoms with Crippen molar-refractivity contribution in [2.24, 2.45) is 13.0 Å². The summed E-state index contributed by atoms with van der Waals surface area (Å²) in [6.45, 7) is 2.29. The summed E-state index contributed by atoms with van der Waals surface area (Å²) in [4.78, 5) is 0. The van der Waals surface area contributed by atoms with Crippen LogP contribution in [0.25, 0.3) is 0 Å². The second-order valence-electron chi connectivity index (χ2n) is 3.92. The van der Waals surface area contributed by atoms with Gasteiger partial charge in [-0.25, -0.2) is 0 Å². The van der Waals surface area contributed by atoms with Gasteiger partial charge in [0.15, 0.2) is 5.16 Å². The van der Waals surface area contributed by atoms with Crippen LogP contribution in [0.2, 0.25) is 0 Å². The number of aromatic nitrogens is 3. The van der Waals surface area contributed by atoms with Crippen molar-refractivity contribution in [3.8, 4) is 0 Å². The molecule has 6 heteroatoms. The molecule has 0 saturated carbocycles. The molecule has 0 spiro atoms. The smallest absolute Gasteiger partial charge is 0.222 e. The van der Waals surface area contributed by atoms with Gasteiger partial charge in [-0.3, -0.25) is 4.57 Å². The number of hydrogen-bond acceptors (Lipinski definition) is 5. The molecule has 1 unspecified atom stereocenters. The molecule has 84 valence electrons. The molecule has 2 rings (SSSR count). The molecule has 1 fully saturated rings. The van der Waals surface area contributed by atoms with E-state index in [0.717, 1.165) is 29.9 Å². The van der Waals surface area contributed by atoms with Gasteiger partial charge in [0.1, 0.15) is 0 Å². The third-order valence-electron chi connectivity index (χ3n) is 2.72. The van der Waals surface area contributed by atoms with E-state index in [0.29, 0.717) is 5.95 Å². The number of piperidine rings is 1. The Kier molecular flexibility index (Phi) is 3.48. The maximum atomic E-state index is 5.61. The van der Waals surface area contributed by atoms with Crippen molar-refractivity contribution >= 4 is 17.7 Å². The second-order valence-corrected chi connectivity index (χ2v) is 4.91. The number of hydrogen-bond donors (Lipinski definition) is 2. The van der Waals surface area contributed by atoms with Crippen LogP contribution in [0, 0.1) is 5.92 Å². The average Bonchev–Trinajstić information content (AvgIpc) is 2.59. The van der Waals surface area contributed by atoms with E-state index in [-0.39, 0.29) is 0 Å². The van der Waals surface area contributed by atoms with Gasteiger partial charge in [0.2, 0.25) is 5.95 Å². The van der Waals surface area contributed by atoms with Crippen molar-refractivity contribution in [2.75, 3.05) is 24.6 Å². The Labute approximate surface area is 93.8 Å². The van der Waals surface area contributed by atoms with E-state index in [1.807, 2.05) is 11.6 Å². The summed E-state index contributed by atoms with van der Waals surface area (Å²) in [5, 5.41) is 12.2. The minimum absolute atomic E-state index is 0.485. The van der Waals surface area contributed by atoms with Gasteiger partial charge in [-0.2, -0.15) is 0 Å². The molecule has 1 aliphatic rings. The Morgan fingerprint density at radius 1 is 1.60 bits per heavy atom. The molecule has 0 aromatic carbocycles. The highest BCUT2D eigenvalue weighted by Gasteiger charge is 2.15. The summed E-state index contributed by atoms with van der Waals surface area (Å²) in [6.07, 6.45) is 2.60. The topological polar surface area (TPSA) is 68.8 Å². The molecule has 15 heavy (non-hydrogen) atoms. The van der Waals surface area contributed by atoms with Gasteiger partial charge in [-0.1, -0.05) is 11.8 Å². The Hall–Kier alpha value is -0.750. The van der Waals surface area contributed by atoms with Gasteiger partial charge in [0.25, 0.3) is 0 Å². The molecule has 3 N–H and O–H groups in total. The number of thioether (sulfide) groups is 1. The van der Waals surface area contributed by atoms with E-state index in [2.05, 4.69) is 15.5 Å². The van der Waals surface area contributed by atoms with Gasteiger partial charge >= 0.3 is 0 Å². The van der Waals surface area contributed by atoms with E-state index in [1.54, 1.807) is 11.8 Å². The molecular formula is C9H17N5S. The average molecular weight is 227 g/mol. The molecule has 0 bridgehead atoms. The molecule has 1 saturated heterocycles. The Balaban J connectivity index is 1.84. The molecule has 2 heterocycles. The number of rotatable bonds is 3. The van der Waals surface area contributed by atoms with Gasteiger partial charge in [0.05, 0.1) is 0 Å². The van der Waals surface area contributed by atoms with Crippen LogP contribution < -0.4 is 11.1 Å². The van der Waals surface area contributed by atoms with Gasteiger partial charge in [-0.15, -0.1) is 10.2 Å². The first-order valence-electron chi connectivity index (χ1n) is 5.25. The van der Waals surface area contributed by atoms with Crippen molar-refractivity contribution in [1.82, 2.24) is 20.1 Å². The fourth-order valence-corrected chi connectivity index (χ4v) is 2.77. The summed E-state index contributed by atoms with van der Waals surface area (Å²) < 4.78 is 1.83. The Morgan fingerprint density at radius 2 is 2.47 bits per heavy atom. The van der Waals surface area contributed by atoms with E-state index >= 15 is 0 Å². The van der Waals surface area contributed by atoms with E-state index in [1.165, 1.54) is 12.8 Å². The molecule has 1 aliphatic heterocycles. The zero-order chi connectivity index (χ0) is 10.7. The number of nitrogen functional groups attached to an aromatic ring is 1. The predicted octanol–water partition coefficient (Wildman–Crippen LogP) is 0.489. The largest absolute Gasteiger partial charge is 0.368 e. The van der Waals surface area contributed by atoms with Crippen LogP contribution in [0.4, 0.5) is 5.95 Å². The van der Waals surface area contributed by atoms with Crippen LogP contribution in [-0.2, 0) is 7.05 Å². The van der Waals surface area contributed by atoms with Crippen molar-refractivity contribution in [3.05, 3.63) is 0 Å². The summed E-state index contributed by atoms with van der Waals surface area (Å²) >= 11 is 1.74. The van der Waals surface area contributed by atoms with Gasteiger partial charge in [0, 0.05) is 12.8 Å². The molecule has 5 nitrogen and oxygen atoms in total. The molecule has 1 atom stereocenters. The lowest BCUT2D eigenvalue weighted by Crippen LogP contribution is -2.30. The standard InChI is InChI=1S/C9H17N5S/c1-14-8(10)12-13-9(14)15-6-7-3-2-4-11-5-7/h7,11H,2-6H2,1H3,(H2,10,12). The molecule has 0 radical (unpaired) electrons. The lowest BCUT2D eigenvalue weighted by atomic mass is 10.0. The third kappa shape index (κ3) is 2.63. The minimum Gasteiger partial charge on any atom is -0.368 e. The third-order valence-corrected chi connectivity index (χ3v) is 3.97. The van der Waals surface area contributed by atoms with Crippen LogP contribution in [0.1, 0.15) is 12.8 Å². The fraction of sp³-hybridized carbons (Fsp3) is 0.778. The minimum atomic E-state index is 0.485. The zero-order valence-electron chi connectivity index (χ0n) is 8.94. The van der Waals surface area contributed by atoms with E-state index in [4.69, 9.17) is 5.73 Å². The quantitative estimate of drug-likeness (QED) is 0.736. The number of nitrogens with two attached hydrogens (primary N) is 1. The first-order valence-corrected chi connectivity index (χ1v) is 6.24. The van der Waals surface area contributed by atoms with Gasteiger partial charge in [-0.05, 0) is 31.8 Å². The highest BCUT2D eigenvalue weighted by atomic mass is 32.2. The van der Waals surface area contributed by atoms with Crippen molar-refractivity contribution in [3.63, 3.8) is 0 Å². The molecule has 0 aliphatic carbocycles. The zero-order valence-corrected chi connectivity index (χ0v) is 9.76. The van der Waals surface area contributed by atoms with Crippen molar-refractivity contribution in [2.45, 2.75) is 18.0 Å². The van der Waals surface area contributed by atoms with Crippen molar-refractivity contribution < 1.29 is 0 Å². The number of anilines is 1.